The molecule has 0 spiro atoms. The van der Waals surface area contributed by atoms with Crippen LogP contribution in [-0.2, 0) is 0 Å². The molecule has 0 unspecified atom stereocenters. The third kappa shape index (κ3) is 6.40. The first kappa shape index (κ1) is 12.9. The minimum atomic E-state index is -0.323. The highest BCUT2D eigenvalue weighted by molar-refractivity contribution is 4.98. The van der Waals surface area contributed by atoms with Gasteiger partial charge >= 0.3 is 0 Å². The van der Waals surface area contributed by atoms with E-state index in [0.29, 0.717) is 6.42 Å². The fourth-order valence-electron chi connectivity index (χ4n) is 1.13. The lowest BCUT2D eigenvalue weighted by atomic mass is 10.2. The summed E-state index contributed by atoms with van der Waals surface area (Å²) in [6.07, 6.45) is 10.6. The number of unbranched alkanes of at least 4 members (excludes halogenated alkanes) is 3. The maximum Gasteiger partial charge on any atom is 0.245 e. The van der Waals surface area contributed by atoms with E-state index in [1.165, 1.54) is 19.3 Å². The standard InChI is InChI=1S/C11H19NO2/c1-3-5-6-7-8-9-10-11(4-2)12(13)14/h4,8-9H,3,5-7,10H2,1-2H3/b9-8-,11-4+. The van der Waals surface area contributed by atoms with Crippen molar-refractivity contribution in [1.29, 1.82) is 0 Å². The number of allylic oxidation sites excluding steroid dienone is 3. The van der Waals surface area contributed by atoms with Gasteiger partial charge < -0.3 is 0 Å². The van der Waals surface area contributed by atoms with Crippen molar-refractivity contribution in [3.8, 4) is 0 Å². The Hall–Kier alpha value is -1.12. The number of hydrogen-bond donors (Lipinski definition) is 0. The molecule has 80 valence electrons. The Bertz CT molecular complexity index is 219. The molecular formula is C11H19NO2. The molecule has 3 nitrogen and oxygen atoms in total. The summed E-state index contributed by atoms with van der Waals surface area (Å²) < 4.78 is 0. The van der Waals surface area contributed by atoms with Crippen LogP contribution in [0.1, 0.15) is 46.0 Å². The van der Waals surface area contributed by atoms with Gasteiger partial charge in [0.2, 0.25) is 5.70 Å². The van der Waals surface area contributed by atoms with Crippen LogP contribution in [0.25, 0.3) is 0 Å². The van der Waals surface area contributed by atoms with Gasteiger partial charge in [-0.2, -0.15) is 0 Å². The first-order valence-electron chi connectivity index (χ1n) is 5.17. The normalized spacial score (nSPS) is 12.3. The van der Waals surface area contributed by atoms with Gasteiger partial charge in [0.15, 0.2) is 0 Å². The SMILES string of the molecule is C/C=C(\C/C=C\CCCCC)[N+](=O)[O-]. The Morgan fingerprint density at radius 3 is 2.57 bits per heavy atom. The van der Waals surface area contributed by atoms with E-state index < -0.39 is 0 Å². The van der Waals surface area contributed by atoms with E-state index in [1.54, 1.807) is 13.0 Å². The van der Waals surface area contributed by atoms with E-state index in [0.717, 1.165) is 6.42 Å². The molecule has 0 aromatic carbocycles. The summed E-state index contributed by atoms with van der Waals surface area (Å²) in [5.74, 6) is 0. The van der Waals surface area contributed by atoms with Gasteiger partial charge in [-0.05, 0) is 25.8 Å². The molecule has 3 heteroatoms. The first-order chi connectivity index (χ1) is 6.72. The maximum absolute atomic E-state index is 10.4. The molecule has 0 bridgehead atoms. The van der Waals surface area contributed by atoms with Crippen molar-refractivity contribution in [2.45, 2.75) is 46.0 Å². The number of nitro groups is 1. The van der Waals surface area contributed by atoms with Crippen LogP contribution in [0, 0.1) is 10.1 Å². The van der Waals surface area contributed by atoms with Gasteiger partial charge in [-0.3, -0.25) is 10.1 Å². The minimum absolute atomic E-state index is 0.275. The van der Waals surface area contributed by atoms with Crippen LogP contribution in [0.4, 0.5) is 0 Å². The van der Waals surface area contributed by atoms with Crippen LogP contribution in [0.2, 0.25) is 0 Å². The van der Waals surface area contributed by atoms with E-state index in [9.17, 15) is 10.1 Å². The molecular weight excluding hydrogens is 178 g/mol. The Morgan fingerprint density at radius 2 is 2.07 bits per heavy atom. The van der Waals surface area contributed by atoms with E-state index >= 15 is 0 Å². The molecule has 0 atom stereocenters. The topological polar surface area (TPSA) is 43.1 Å². The zero-order valence-corrected chi connectivity index (χ0v) is 9.03. The van der Waals surface area contributed by atoms with Crippen molar-refractivity contribution in [3.05, 3.63) is 34.0 Å². The first-order valence-corrected chi connectivity index (χ1v) is 5.17. The molecule has 0 N–H and O–H groups in total. The zero-order valence-electron chi connectivity index (χ0n) is 9.03. The lowest BCUT2D eigenvalue weighted by molar-refractivity contribution is -0.426. The van der Waals surface area contributed by atoms with Crippen LogP contribution in [0.15, 0.2) is 23.9 Å². The second-order valence-corrected chi connectivity index (χ2v) is 3.21. The monoisotopic (exact) mass is 197 g/mol. The molecule has 0 aliphatic heterocycles. The smallest absolute Gasteiger partial charge is 0.245 e. The highest BCUT2D eigenvalue weighted by atomic mass is 16.6. The highest BCUT2D eigenvalue weighted by Crippen LogP contribution is 2.05. The molecule has 0 saturated carbocycles. The number of nitrogens with zero attached hydrogens (tertiary/aromatic N) is 1. The summed E-state index contributed by atoms with van der Waals surface area (Å²) >= 11 is 0. The minimum Gasteiger partial charge on any atom is -0.259 e. The number of hydrogen-bond acceptors (Lipinski definition) is 2. The van der Waals surface area contributed by atoms with E-state index in [1.807, 2.05) is 12.2 Å². The van der Waals surface area contributed by atoms with Crippen molar-refractivity contribution in [3.63, 3.8) is 0 Å². The predicted octanol–water partition coefficient (Wildman–Crippen LogP) is 3.69. The van der Waals surface area contributed by atoms with E-state index in [2.05, 4.69) is 6.92 Å². The second-order valence-electron chi connectivity index (χ2n) is 3.21. The molecule has 0 radical (unpaired) electrons. The van der Waals surface area contributed by atoms with Crippen molar-refractivity contribution in [2.75, 3.05) is 0 Å². The van der Waals surface area contributed by atoms with Crippen LogP contribution in [0.3, 0.4) is 0 Å². The van der Waals surface area contributed by atoms with Crippen LogP contribution >= 0.6 is 0 Å². The summed E-state index contributed by atoms with van der Waals surface area (Å²) in [6, 6.07) is 0. The van der Waals surface area contributed by atoms with E-state index in [4.69, 9.17) is 0 Å². The average Bonchev–Trinajstić information content (AvgIpc) is 2.16. The van der Waals surface area contributed by atoms with Gasteiger partial charge in [0.1, 0.15) is 0 Å². The van der Waals surface area contributed by atoms with Gasteiger partial charge in [-0.15, -0.1) is 0 Å². The molecule has 0 amide bonds. The Kier molecular flexibility index (Phi) is 7.80. The van der Waals surface area contributed by atoms with Crippen LogP contribution < -0.4 is 0 Å². The van der Waals surface area contributed by atoms with Gasteiger partial charge in [-0.1, -0.05) is 31.9 Å². The average molecular weight is 197 g/mol. The number of rotatable bonds is 7. The molecule has 0 aromatic heterocycles. The third-order valence-corrected chi connectivity index (χ3v) is 2.04. The fourth-order valence-corrected chi connectivity index (χ4v) is 1.13. The quantitative estimate of drug-likeness (QED) is 0.270. The van der Waals surface area contributed by atoms with Gasteiger partial charge in [0.05, 0.1) is 11.3 Å². The summed E-state index contributed by atoms with van der Waals surface area (Å²) in [4.78, 5) is 10.1. The molecule has 14 heavy (non-hydrogen) atoms. The Morgan fingerprint density at radius 1 is 1.36 bits per heavy atom. The maximum atomic E-state index is 10.4. The summed E-state index contributed by atoms with van der Waals surface area (Å²) in [5, 5.41) is 10.4. The van der Waals surface area contributed by atoms with E-state index in [-0.39, 0.29) is 10.6 Å². The zero-order chi connectivity index (χ0) is 10.8. The Labute approximate surface area is 85.7 Å². The molecule has 0 fully saturated rings. The molecule has 0 aliphatic carbocycles. The van der Waals surface area contributed by atoms with Crippen molar-refractivity contribution >= 4 is 0 Å². The summed E-state index contributed by atoms with van der Waals surface area (Å²) in [6.45, 7) is 3.86. The molecule has 0 rings (SSSR count). The molecule has 0 saturated heterocycles. The molecule has 0 aromatic rings. The van der Waals surface area contributed by atoms with Gasteiger partial charge in [0.25, 0.3) is 0 Å². The van der Waals surface area contributed by atoms with Crippen molar-refractivity contribution in [2.24, 2.45) is 0 Å². The fraction of sp³-hybridized carbons (Fsp3) is 0.636. The third-order valence-electron chi connectivity index (χ3n) is 2.04. The van der Waals surface area contributed by atoms with Gasteiger partial charge in [0, 0.05) is 0 Å². The summed E-state index contributed by atoms with van der Waals surface area (Å²) in [5.41, 5.74) is 0.275. The van der Waals surface area contributed by atoms with Crippen LogP contribution in [-0.4, -0.2) is 4.92 Å². The highest BCUT2D eigenvalue weighted by Gasteiger charge is 2.04. The largest absolute Gasteiger partial charge is 0.259 e. The Balaban J connectivity index is 3.65. The van der Waals surface area contributed by atoms with Crippen molar-refractivity contribution in [1.82, 2.24) is 0 Å². The van der Waals surface area contributed by atoms with Gasteiger partial charge in [-0.25, -0.2) is 0 Å². The lowest BCUT2D eigenvalue weighted by Gasteiger charge is -1.93. The van der Waals surface area contributed by atoms with Crippen LogP contribution in [0.5, 0.6) is 0 Å². The molecule has 0 aliphatic rings. The van der Waals surface area contributed by atoms with Crippen molar-refractivity contribution < 1.29 is 4.92 Å². The predicted molar refractivity (Wildman–Crippen MR) is 58.7 cm³/mol. The lowest BCUT2D eigenvalue weighted by Crippen LogP contribution is -1.96. The molecule has 0 heterocycles. The summed E-state index contributed by atoms with van der Waals surface area (Å²) in [7, 11) is 0. The second kappa shape index (κ2) is 8.48.